The van der Waals surface area contributed by atoms with Crippen molar-refractivity contribution in [2.24, 2.45) is 0 Å². The van der Waals surface area contributed by atoms with Gasteiger partial charge in [0, 0.05) is 77.3 Å². The largest absolute Gasteiger partial charge is 0.492 e. The van der Waals surface area contributed by atoms with E-state index in [9.17, 15) is 33.6 Å². The summed E-state index contributed by atoms with van der Waals surface area (Å²) < 4.78 is 20.6. The second kappa shape index (κ2) is 18.8. The van der Waals surface area contributed by atoms with E-state index in [1.807, 2.05) is 18.2 Å². The van der Waals surface area contributed by atoms with Gasteiger partial charge in [-0.2, -0.15) is 0 Å². The highest BCUT2D eigenvalue weighted by molar-refractivity contribution is 7.23. The first-order valence-electron chi connectivity index (χ1n) is 22.0. The number of piperazine rings is 1. The summed E-state index contributed by atoms with van der Waals surface area (Å²) in [7, 11) is -1.63. The van der Waals surface area contributed by atoms with Gasteiger partial charge in [0.1, 0.15) is 24.2 Å². The van der Waals surface area contributed by atoms with E-state index < -0.39 is 13.2 Å². The van der Waals surface area contributed by atoms with Crippen LogP contribution in [0.5, 0.6) is 5.75 Å². The molecule has 0 saturated carbocycles. The third-order valence-electron chi connectivity index (χ3n) is 13.2. The highest BCUT2D eigenvalue weighted by Gasteiger charge is 2.39. The third-order valence-corrected chi connectivity index (χ3v) is 14.4. The number of amides is 3. The molecule has 15 heteroatoms. The number of halogens is 1. The molecule has 1 unspecified atom stereocenters. The van der Waals surface area contributed by atoms with E-state index in [4.69, 9.17) is 4.74 Å². The molecule has 0 spiro atoms. The topological polar surface area (TPSA) is 143 Å². The zero-order valence-corrected chi connectivity index (χ0v) is 36.0. The van der Waals surface area contributed by atoms with Crippen LogP contribution >= 0.6 is 11.3 Å². The molecule has 1 aromatic heterocycles. The van der Waals surface area contributed by atoms with Gasteiger partial charge in [-0.15, -0.1) is 11.3 Å². The number of imide groups is 1. The molecule has 9 rings (SSSR count). The molecule has 0 aliphatic carbocycles. The molecule has 3 N–H and O–H groups in total. The zero-order chi connectivity index (χ0) is 43.6. The number of likely N-dealkylation sites (tertiary alicyclic amines) is 1. The molecule has 326 valence electrons. The molecule has 1 atom stereocenters. The Morgan fingerprint density at radius 2 is 1.51 bits per heavy atom. The van der Waals surface area contributed by atoms with Gasteiger partial charge in [0.2, 0.25) is 11.8 Å². The van der Waals surface area contributed by atoms with Crippen LogP contribution in [0.15, 0.2) is 84.9 Å². The lowest BCUT2D eigenvalue weighted by molar-refractivity contribution is -0.136. The number of carbonyl (C=O) groups is 4. The first-order chi connectivity index (χ1) is 30.6. The Labute approximate surface area is 370 Å². The molecule has 0 bridgehead atoms. The van der Waals surface area contributed by atoms with Crippen LogP contribution in [0.3, 0.4) is 0 Å². The first kappa shape index (κ1) is 43.0. The molecule has 4 aliphatic rings. The summed E-state index contributed by atoms with van der Waals surface area (Å²) in [5.41, 5.74) is 4.94. The standard InChI is InChI=1S/C48H51BFN5O7S/c50-37-8-2-33(3-9-37)46-44(40-13-7-36(49(60)61)29-42(40)63-46)45(57)32-4-10-38(11-5-32)62-27-26-54-24-22-53(23-25-54)19-1-18-52-20-16-31(17-21-52)34-6-12-39-35(28-34)30-55(48(39)59)41-14-15-43(56)51-47(41)58/h2-13,28-29,31,41,60-61H,1,14-27,30H2,(H,51,56,58). The number of carbonyl (C=O) groups excluding carboxylic acids is 4. The molecule has 0 radical (unpaired) electrons. The Kier molecular flexibility index (Phi) is 12.8. The fourth-order valence-corrected chi connectivity index (χ4v) is 10.8. The Bertz CT molecular complexity index is 2500. The Morgan fingerprint density at radius 1 is 0.810 bits per heavy atom. The van der Waals surface area contributed by atoms with Crippen molar-refractivity contribution in [1.82, 2.24) is 24.9 Å². The van der Waals surface area contributed by atoms with E-state index >= 15 is 0 Å². The van der Waals surface area contributed by atoms with Crippen LogP contribution in [-0.4, -0.2) is 132 Å². The predicted molar refractivity (Wildman–Crippen MR) is 241 cm³/mol. The van der Waals surface area contributed by atoms with Crippen LogP contribution in [-0.2, 0) is 16.1 Å². The Morgan fingerprint density at radius 3 is 2.21 bits per heavy atom. The SMILES string of the molecule is O=C1CCC(N2Cc3cc(C4CCN(CCCN5CCN(CCOc6ccc(C(=O)c7c(-c8ccc(F)cc8)sc8cc(B(O)O)ccc78)cc6)CC5)CC4)ccc3C2=O)C(=O)N1. The molecule has 4 aliphatic heterocycles. The third kappa shape index (κ3) is 9.50. The van der Waals surface area contributed by atoms with Gasteiger partial charge >= 0.3 is 7.12 Å². The number of hydrogen-bond donors (Lipinski definition) is 3. The lowest BCUT2D eigenvalue weighted by Crippen LogP contribution is -2.52. The van der Waals surface area contributed by atoms with Crippen molar-refractivity contribution < 1.29 is 38.4 Å². The van der Waals surface area contributed by atoms with Crippen LogP contribution in [0.1, 0.15) is 75.4 Å². The van der Waals surface area contributed by atoms with E-state index in [1.54, 1.807) is 47.4 Å². The molecule has 63 heavy (non-hydrogen) atoms. The maximum atomic E-state index is 14.0. The van der Waals surface area contributed by atoms with Crippen molar-refractivity contribution in [2.75, 3.05) is 65.5 Å². The van der Waals surface area contributed by atoms with E-state index in [0.29, 0.717) is 69.2 Å². The number of benzene rings is 4. The van der Waals surface area contributed by atoms with Gasteiger partial charge in [-0.3, -0.25) is 29.4 Å². The van der Waals surface area contributed by atoms with Crippen LogP contribution in [0.25, 0.3) is 20.5 Å². The fraction of sp³-hybridized carbons (Fsp3) is 0.375. The Balaban J connectivity index is 0.690. The number of hydrogen-bond acceptors (Lipinski definition) is 11. The molecule has 5 aromatic rings. The maximum Gasteiger partial charge on any atom is 0.488 e. The molecule has 3 saturated heterocycles. The maximum absolute atomic E-state index is 14.0. The minimum Gasteiger partial charge on any atom is -0.492 e. The monoisotopic (exact) mass is 871 g/mol. The van der Waals surface area contributed by atoms with Gasteiger partial charge in [-0.05, 0) is 128 Å². The summed E-state index contributed by atoms with van der Waals surface area (Å²) in [6, 6.07) is 23.8. The molecule has 3 fully saturated rings. The van der Waals surface area contributed by atoms with Gasteiger partial charge in [0.15, 0.2) is 5.78 Å². The average Bonchev–Trinajstić information content (AvgIpc) is 3.84. The summed E-state index contributed by atoms with van der Waals surface area (Å²) in [5.74, 6) is -0.186. The summed E-state index contributed by atoms with van der Waals surface area (Å²) in [4.78, 5) is 61.1. The number of nitrogens with one attached hydrogen (secondary N) is 1. The number of fused-ring (bicyclic) bond motifs is 2. The molecule has 3 amide bonds. The summed E-state index contributed by atoms with van der Waals surface area (Å²) in [6.07, 6.45) is 3.93. The molecular formula is C48H51BFN5O7S. The average molecular weight is 872 g/mol. The van der Waals surface area contributed by atoms with Crippen molar-refractivity contribution in [3.63, 3.8) is 0 Å². The number of nitrogens with zero attached hydrogens (tertiary/aromatic N) is 4. The van der Waals surface area contributed by atoms with Crippen molar-refractivity contribution in [2.45, 2.75) is 50.6 Å². The minimum atomic E-state index is -1.63. The highest BCUT2D eigenvalue weighted by Crippen LogP contribution is 2.40. The van der Waals surface area contributed by atoms with Crippen LogP contribution in [0.4, 0.5) is 4.39 Å². The van der Waals surface area contributed by atoms with Gasteiger partial charge < -0.3 is 29.5 Å². The second-order valence-corrected chi connectivity index (χ2v) is 18.2. The number of ketones is 1. The van der Waals surface area contributed by atoms with Gasteiger partial charge in [-0.25, -0.2) is 4.39 Å². The number of rotatable bonds is 14. The molecule has 12 nitrogen and oxygen atoms in total. The zero-order valence-electron chi connectivity index (χ0n) is 35.1. The van der Waals surface area contributed by atoms with Crippen LogP contribution in [0.2, 0.25) is 0 Å². The van der Waals surface area contributed by atoms with Crippen molar-refractivity contribution in [3.8, 4) is 16.2 Å². The van der Waals surface area contributed by atoms with E-state index in [1.165, 1.54) is 29.0 Å². The van der Waals surface area contributed by atoms with E-state index in [2.05, 4.69) is 32.1 Å². The summed E-state index contributed by atoms with van der Waals surface area (Å²) in [6.45, 7) is 10.1. The number of ether oxygens (including phenoxy) is 1. The molecular weight excluding hydrogens is 820 g/mol. The second-order valence-electron chi connectivity index (χ2n) is 17.1. The van der Waals surface area contributed by atoms with Gasteiger partial charge in [-0.1, -0.05) is 36.4 Å². The van der Waals surface area contributed by atoms with Crippen molar-refractivity contribution >= 4 is 57.5 Å². The Hall–Kier alpha value is -5.29. The van der Waals surface area contributed by atoms with E-state index in [-0.39, 0.29) is 35.7 Å². The molecule has 5 heterocycles. The van der Waals surface area contributed by atoms with Crippen LogP contribution in [0, 0.1) is 5.82 Å². The van der Waals surface area contributed by atoms with E-state index in [0.717, 1.165) is 88.4 Å². The fourth-order valence-electron chi connectivity index (χ4n) is 9.54. The predicted octanol–water partition coefficient (Wildman–Crippen LogP) is 4.65. The summed E-state index contributed by atoms with van der Waals surface area (Å²) >= 11 is 1.36. The molecule has 4 aromatic carbocycles. The number of piperidine rings is 2. The quantitative estimate of drug-likeness (QED) is 0.0821. The van der Waals surface area contributed by atoms with Gasteiger partial charge in [0.25, 0.3) is 5.91 Å². The lowest BCUT2D eigenvalue weighted by atomic mass is 9.80. The van der Waals surface area contributed by atoms with Crippen molar-refractivity contribution in [1.29, 1.82) is 0 Å². The smallest absolute Gasteiger partial charge is 0.488 e. The normalized spacial score (nSPS) is 19.1. The minimum absolute atomic E-state index is 0.124. The van der Waals surface area contributed by atoms with Crippen LogP contribution < -0.4 is 15.5 Å². The first-order valence-corrected chi connectivity index (χ1v) is 22.8. The van der Waals surface area contributed by atoms with Gasteiger partial charge in [0.05, 0.1) is 0 Å². The lowest BCUT2D eigenvalue weighted by Gasteiger charge is -2.36. The number of thiophene rings is 1. The summed E-state index contributed by atoms with van der Waals surface area (Å²) in [5, 5.41) is 22.5. The highest BCUT2D eigenvalue weighted by atomic mass is 32.1. The van der Waals surface area contributed by atoms with Crippen molar-refractivity contribution in [3.05, 3.63) is 119 Å².